The van der Waals surface area contributed by atoms with Crippen LogP contribution in [0.5, 0.6) is 0 Å². The first-order valence-electron chi connectivity index (χ1n) is 5.73. The molecule has 0 fully saturated rings. The fraction of sp³-hybridized carbons (Fsp3) is 0.500. The molecule has 0 radical (unpaired) electrons. The third-order valence-electron chi connectivity index (χ3n) is 2.84. The van der Waals surface area contributed by atoms with Gasteiger partial charge in [0.2, 0.25) is 5.91 Å². The van der Waals surface area contributed by atoms with Crippen LogP contribution in [-0.2, 0) is 11.2 Å². The Morgan fingerprint density at radius 1 is 1.59 bits per heavy atom. The Kier molecular flexibility index (Phi) is 5.59. The van der Waals surface area contributed by atoms with Crippen molar-refractivity contribution in [2.45, 2.75) is 25.8 Å². The van der Waals surface area contributed by atoms with E-state index in [9.17, 15) is 4.79 Å². The summed E-state index contributed by atoms with van der Waals surface area (Å²) in [6, 6.07) is 6.06. The van der Waals surface area contributed by atoms with Crippen LogP contribution >= 0.6 is 0 Å². The maximum Gasteiger partial charge on any atom is 0.235 e. The van der Waals surface area contributed by atoms with E-state index in [1.165, 1.54) is 0 Å². The van der Waals surface area contributed by atoms with Crippen molar-refractivity contribution in [1.82, 2.24) is 15.3 Å². The summed E-state index contributed by atoms with van der Waals surface area (Å²) in [6.45, 7) is 2.88. The number of aromatic nitrogens is 1. The van der Waals surface area contributed by atoms with E-state index in [0.29, 0.717) is 6.42 Å². The lowest BCUT2D eigenvalue weighted by molar-refractivity contribution is -0.122. The first-order valence-corrected chi connectivity index (χ1v) is 5.73. The van der Waals surface area contributed by atoms with Gasteiger partial charge in [-0.05, 0) is 26.1 Å². The van der Waals surface area contributed by atoms with Crippen molar-refractivity contribution in [2.75, 3.05) is 13.6 Å². The Labute approximate surface area is 102 Å². The molecular formula is C12H20N4O. The van der Waals surface area contributed by atoms with Gasteiger partial charge in [0.25, 0.3) is 0 Å². The number of nitrogens with one attached hydrogen (secondary N) is 1. The van der Waals surface area contributed by atoms with Crippen LogP contribution in [0.15, 0.2) is 24.4 Å². The van der Waals surface area contributed by atoms with Gasteiger partial charge in [0.1, 0.15) is 0 Å². The predicted octanol–water partition coefficient (Wildman–Crippen LogP) is 0.324. The second kappa shape index (κ2) is 6.98. The summed E-state index contributed by atoms with van der Waals surface area (Å²) >= 11 is 0. The Bertz CT molecular complexity index is 342. The number of nitrogens with zero attached hydrogens (tertiary/aromatic N) is 2. The molecule has 0 aliphatic rings. The number of hydrazine groups is 1. The molecular weight excluding hydrogens is 216 g/mol. The highest BCUT2D eigenvalue weighted by Gasteiger charge is 2.12. The van der Waals surface area contributed by atoms with Gasteiger partial charge in [-0.3, -0.25) is 15.2 Å². The Balaban J connectivity index is 2.34. The minimum Gasteiger partial charge on any atom is -0.303 e. The van der Waals surface area contributed by atoms with Gasteiger partial charge >= 0.3 is 0 Å². The van der Waals surface area contributed by atoms with Gasteiger partial charge in [-0.1, -0.05) is 6.07 Å². The predicted molar refractivity (Wildman–Crippen MR) is 67.0 cm³/mol. The van der Waals surface area contributed by atoms with Gasteiger partial charge in [-0.2, -0.15) is 0 Å². The normalized spacial score (nSPS) is 12.5. The molecule has 0 aromatic carbocycles. The van der Waals surface area contributed by atoms with Gasteiger partial charge in [-0.15, -0.1) is 0 Å². The van der Waals surface area contributed by atoms with Crippen molar-refractivity contribution in [1.29, 1.82) is 0 Å². The van der Waals surface area contributed by atoms with Crippen LogP contribution in [0, 0.1) is 0 Å². The summed E-state index contributed by atoms with van der Waals surface area (Å²) in [6.07, 6.45) is 3.09. The zero-order chi connectivity index (χ0) is 12.7. The number of likely N-dealkylation sites (N-methyl/N-ethyl adjacent to an activating group) is 1. The van der Waals surface area contributed by atoms with Crippen LogP contribution in [0.3, 0.4) is 0 Å². The second-order valence-corrected chi connectivity index (χ2v) is 4.17. The number of pyridine rings is 1. The molecule has 1 aromatic heterocycles. The molecule has 94 valence electrons. The largest absolute Gasteiger partial charge is 0.303 e. The third-order valence-corrected chi connectivity index (χ3v) is 2.84. The van der Waals surface area contributed by atoms with E-state index in [2.05, 4.69) is 15.3 Å². The molecule has 0 saturated heterocycles. The van der Waals surface area contributed by atoms with E-state index < -0.39 is 0 Å². The summed E-state index contributed by atoms with van der Waals surface area (Å²) < 4.78 is 0. The zero-order valence-corrected chi connectivity index (χ0v) is 10.4. The smallest absolute Gasteiger partial charge is 0.235 e. The highest BCUT2D eigenvalue weighted by molar-refractivity contribution is 5.75. The topological polar surface area (TPSA) is 71.2 Å². The number of amides is 1. The standard InChI is InChI=1S/C12H20N4O/c1-10(9-12(17)15-13)16(2)8-6-11-5-3-4-7-14-11/h3-5,7,10H,6,8-9,13H2,1-2H3,(H,15,17). The minimum absolute atomic E-state index is 0.137. The fourth-order valence-corrected chi connectivity index (χ4v) is 1.54. The lowest BCUT2D eigenvalue weighted by Gasteiger charge is -2.23. The molecule has 5 nitrogen and oxygen atoms in total. The molecule has 5 heteroatoms. The lowest BCUT2D eigenvalue weighted by atomic mass is 10.2. The van der Waals surface area contributed by atoms with Crippen molar-refractivity contribution in [3.05, 3.63) is 30.1 Å². The van der Waals surface area contributed by atoms with Crippen molar-refractivity contribution in [2.24, 2.45) is 5.84 Å². The van der Waals surface area contributed by atoms with E-state index in [4.69, 9.17) is 5.84 Å². The Morgan fingerprint density at radius 3 is 2.94 bits per heavy atom. The number of nitrogens with two attached hydrogens (primary N) is 1. The van der Waals surface area contributed by atoms with Crippen LogP contribution in [-0.4, -0.2) is 35.4 Å². The molecule has 0 aliphatic carbocycles. The average Bonchev–Trinajstić information content (AvgIpc) is 2.36. The van der Waals surface area contributed by atoms with Crippen LogP contribution < -0.4 is 11.3 Å². The maximum atomic E-state index is 11.1. The molecule has 0 spiro atoms. The molecule has 1 unspecified atom stereocenters. The molecule has 0 bridgehead atoms. The number of hydrogen-bond acceptors (Lipinski definition) is 4. The molecule has 0 aliphatic heterocycles. The molecule has 1 rings (SSSR count). The second-order valence-electron chi connectivity index (χ2n) is 4.17. The van der Waals surface area contributed by atoms with Crippen LogP contribution in [0.25, 0.3) is 0 Å². The van der Waals surface area contributed by atoms with Gasteiger partial charge in [-0.25, -0.2) is 5.84 Å². The summed E-state index contributed by atoms with van der Waals surface area (Å²) in [5.74, 6) is 4.92. The number of hydrogen-bond donors (Lipinski definition) is 2. The molecule has 1 aromatic rings. The first-order chi connectivity index (χ1) is 8.13. The summed E-state index contributed by atoms with van der Waals surface area (Å²) in [4.78, 5) is 17.5. The molecule has 1 atom stereocenters. The SMILES string of the molecule is CC(CC(=O)NN)N(C)CCc1ccccn1. The monoisotopic (exact) mass is 236 g/mol. The van der Waals surface area contributed by atoms with E-state index in [0.717, 1.165) is 18.7 Å². The quantitative estimate of drug-likeness (QED) is 0.424. The van der Waals surface area contributed by atoms with E-state index in [1.807, 2.05) is 32.2 Å². The van der Waals surface area contributed by atoms with Crippen molar-refractivity contribution < 1.29 is 4.79 Å². The highest BCUT2D eigenvalue weighted by Crippen LogP contribution is 2.03. The number of carbonyl (C=O) groups is 1. The summed E-state index contributed by atoms with van der Waals surface area (Å²) in [5, 5.41) is 0. The van der Waals surface area contributed by atoms with Gasteiger partial charge < -0.3 is 4.90 Å². The lowest BCUT2D eigenvalue weighted by Crippen LogP contribution is -2.38. The molecule has 3 N–H and O–H groups in total. The van der Waals surface area contributed by atoms with Gasteiger partial charge in [0.15, 0.2) is 0 Å². The maximum absolute atomic E-state index is 11.1. The first kappa shape index (κ1) is 13.6. The number of rotatable bonds is 6. The molecule has 17 heavy (non-hydrogen) atoms. The Morgan fingerprint density at radius 2 is 2.35 bits per heavy atom. The number of carbonyl (C=O) groups excluding carboxylic acids is 1. The Hall–Kier alpha value is -1.46. The summed E-state index contributed by atoms with van der Waals surface area (Å²) in [7, 11) is 2.00. The fourth-order valence-electron chi connectivity index (χ4n) is 1.54. The van der Waals surface area contributed by atoms with E-state index in [1.54, 1.807) is 6.20 Å². The van der Waals surface area contributed by atoms with Crippen molar-refractivity contribution in [3.63, 3.8) is 0 Å². The van der Waals surface area contributed by atoms with Crippen LogP contribution in [0.1, 0.15) is 19.0 Å². The van der Waals surface area contributed by atoms with E-state index >= 15 is 0 Å². The highest BCUT2D eigenvalue weighted by atomic mass is 16.2. The van der Waals surface area contributed by atoms with Crippen LogP contribution in [0.2, 0.25) is 0 Å². The average molecular weight is 236 g/mol. The zero-order valence-electron chi connectivity index (χ0n) is 10.4. The van der Waals surface area contributed by atoms with Crippen molar-refractivity contribution >= 4 is 5.91 Å². The van der Waals surface area contributed by atoms with Crippen LogP contribution in [0.4, 0.5) is 0 Å². The molecule has 1 heterocycles. The third kappa shape index (κ3) is 4.93. The van der Waals surface area contributed by atoms with Crippen molar-refractivity contribution in [3.8, 4) is 0 Å². The van der Waals surface area contributed by atoms with Gasteiger partial charge in [0, 0.05) is 37.3 Å². The molecule has 0 saturated carbocycles. The van der Waals surface area contributed by atoms with E-state index in [-0.39, 0.29) is 11.9 Å². The van der Waals surface area contributed by atoms with Gasteiger partial charge in [0.05, 0.1) is 0 Å². The molecule has 1 amide bonds. The minimum atomic E-state index is -0.137. The summed E-state index contributed by atoms with van der Waals surface area (Å²) in [5.41, 5.74) is 3.21.